The molecule has 2 heteroatoms. The van der Waals surface area contributed by atoms with Gasteiger partial charge in [0.2, 0.25) is 0 Å². The van der Waals surface area contributed by atoms with Crippen LogP contribution in [0.1, 0.15) is 99.7 Å². The molecule has 0 aromatic rings. The molecule has 0 spiro atoms. The summed E-state index contributed by atoms with van der Waals surface area (Å²) in [7, 11) is 0. The summed E-state index contributed by atoms with van der Waals surface area (Å²) in [6, 6.07) is 0. The van der Waals surface area contributed by atoms with Crippen LogP contribution >= 0.6 is 0 Å². The SMILES string of the molecule is C=CC(=O)OC1CCC(C2CCC(CCCCCCC)CC2)CC1.[HH].[HH]. The summed E-state index contributed by atoms with van der Waals surface area (Å²) in [6.07, 6.45) is 20.4. The second-order valence-corrected chi connectivity index (χ2v) is 8.16. The maximum Gasteiger partial charge on any atom is 0.330 e. The predicted molar refractivity (Wildman–Crippen MR) is 105 cm³/mol. The minimum absolute atomic E-state index is 0. The molecule has 0 aliphatic heterocycles. The summed E-state index contributed by atoms with van der Waals surface area (Å²) in [4.78, 5) is 11.3. The number of hydrogen-bond acceptors (Lipinski definition) is 2. The Morgan fingerprint density at radius 3 is 2.12 bits per heavy atom. The van der Waals surface area contributed by atoms with Gasteiger partial charge in [-0.2, -0.15) is 0 Å². The molecule has 0 saturated heterocycles. The first-order chi connectivity index (χ1) is 11.7. The minimum atomic E-state index is -0.252. The van der Waals surface area contributed by atoms with Crippen molar-refractivity contribution in [3.8, 4) is 0 Å². The highest BCUT2D eigenvalue weighted by Gasteiger charge is 2.31. The summed E-state index contributed by atoms with van der Waals surface area (Å²) in [5, 5.41) is 0. The van der Waals surface area contributed by atoms with Crippen molar-refractivity contribution < 1.29 is 12.4 Å². The summed E-state index contributed by atoms with van der Waals surface area (Å²) in [5.74, 6) is 2.58. The van der Waals surface area contributed by atoms with Gasteiger partial charge in [-0.3, -0.25) is 0 Å². The first-order valence-electron chi connectivity index (χ1n) is 10.6. The van der Waals surface area contributed by atoms with E-state index in [0.717, 1.165) is 30.6 Å². The average Bonchev–Trinajstić information content (AvgIpc) is 2.63. The van der Waals surface area contributed by atoms with E-state index in [-0.39, 0.29) is 14.9 Å². The number of rotatable bonds is 9. The molecule has 0 N–H and O–H groups in total. The van der Waals surface area contributed by atoms with Gasteiger partial charge in [-0.1, -0.05) is 64.9 Å². The monoisotopic (exact) mass is 338 g/mol. The number of unbranched alkanes of at least 4 members (excludes halogenated alkanes) is 4. The zero-order valence-corrected chi connectivity index (χ0v) is 15.8. The first kappa shape index (κ1) is 19.5. The molecule has 0 bridgehead atoms. The van der Waals surface area contributed by atoms with E-state index in [2.05, 4.69) is 13.5 Å². The van der Waals surface area contributed by atoms with Crippen LogP contribution in [0.5, 0.6) is 0 Å². The van der Waals surface area contributed by atoms with Crippen molar-refractivity contribution in [1.82, 2.24) is 0 Å². The van der Waals surface area contributed by atoms with Crippen molar-refractivity contribution in [3.05, 3.63) is 12.7 Å². The Hall–Kier alpha value is -0.790. The van der Waals surface area contributed by atoms with Crippen LogP contribution in [0.4, 0.5) is 0 Å². The van der Waals surface area contributed by atoms with Gasteiger partial charge in [0, 0.05) is 8.93 Å². The molecule has 0 atom stereocenters. The van der Waals surface area contributed by atoms with Gasteiger partial charge in [0.15, 0.2) is 0 Å². The second kappa shape index (κ2) is 10.9. The van der Waals surface area contributed by atoms with Crippen molar-refractivity contribution in [1.29, 1.82) is 0 Å². The fraction of sp³-hybridized carbons (Fsp3) is 0.864. The third kappa shape index (κ3) is 6.61. The van der Waals surface area contributed by atoms with Crippen molar-refractivity contribution in [2.45, 2.75) is 103 Å². The van der Waals surface area contributed by atoms with Crippen LogP contribution < -0.4 is 0 Å². The molecule has 24 heavy (non-hydrogen) atoms. The van der Waals surface area contributed by atoms with Gasteiger partial charge in [0.1, 0.15) is 6.10 Å². The van der Waals surface area contributed by atoms with E-state index in [1.165, 1.54) is 83.1 Å². The Morgan fingerprint density at radius 1 is 0.958 bits per heavy atom. The summed E-state index contributed by atoms with van der Waals surface area (Å²) in [6.45, 7) is 5.77. The Labute approximate surface area is 152 Å². The summed E-state index contributed by atoms with van der Waals surface area (Å²) >= 11 is 0. The molecule has 0 aromatic carbocycles. The summed E-state index contributed by atoms with van der Waals surface area (Å²) in [5.41, 5.74) is 0. The van der Waals surface area contributed by atoms with Gasteiger partial charge < -0.3 is 4.74 Å². The molecule has 0 aromatic heterocycles. The van der Waals surface area contributed by atoms with Crippen molar-refractivity contribution >= 4 is 5.97 Å². The minimum Gasteiger partial charge on any atom is -0.459 e. The maximum absolute atomic E-state index is 11.3. The molecule has 2 rings (SSSR count). The lowest BCUT2D eigenvalue weighted by Gasteiger charge is -2.37. The normalized spacial score (nSPS) is 30.7. The number of esters is 1. The molecule has 2 aliphatic rings. The van der Waals surface area contributed by atoms with Crippen LogP contribution in [0.2, 0.25) is 0 Å². The molecule has 2 nitrogen and oxygen atoms in total. The Morgan fingerprint density at radius 2 is 1.54 bits per heavy atom. The van der Waals surface area contributed by atoms with Crippen molar-refractivity contribution in [2.24, 2.45) is 17.8 Å². The van der Waals surface area contributed by atoms with Crippen LogP contribution in [0.25, 0.3) is 0 Å². The molecule has 2 fully saturated rings. The van der Waals surface area contributed by atoms with Crippen molar-refractivity contribution in [3.63, 3.8) is 0 Å². The lowest BCUT2D eigenvalue weighted by molar-refractivity contribution is -0.145. The Bertz CT molecular complexity index is 370. The van der Waals surface area contributed by atoms with E-state index in [1.807, 2.05) is 0 Å². The van der Waals surface area contributed by atoms with Crippen molar-refractivity contribution in [2.75, 3.05) is 0 Å². The molecule has 0 radical (unpaired) electrons. The highest BCUT2D eigenvalue weighted by molar-refractivity contribution is 5.81. The summed E-state index contributed by atoms with van der Waals surface area (Å²) < 4.78 is 5.41. The fourth-order valence-corrected chi connectivity index (χ4v) is 4.88. The first-order valence-corrected chi connectivity index (χ1v) is 10.6. The highest BCUT2D eigenvalue weighted by atomic mass is 16.5. The van der Waals surface area contributed by atoms with Gasteiger partial charge in [0.25, 0.3) is 0 Å². The van der Waals surface area contributed by atoms with E-state index in [9.17, 15) is 4.79 Å². The van der Waals surface area contributed by atoms with Gasteiger partial charge in [-0.05, 0) is 56.3 Å². The number of carbonyl (C=O) groups is 1. The molecule has 2 aliphatic carbocycles. The molecule has 2 saturated carbocycles. The Balaban J connectivity index is 0.00000312. The second-order valence-electron chi connectivity index (χ2n) is 8.16. The fourth-order valence-electron chi connectivity index (χ4n) is 4.88. The van der Waals surface area contributed by atoms with Crippen LogP contribution in [0.15, 0.2) is 12.7 Å². The molecule has 0 heterocycles. The maximum atomic E-state index is 11.3. The van der Waals surface area contributed by atoms with E-state index in [0.29, 0.717) is 0 Å². The van der Waals surface area contributed by atoms with Crippen LogP contribution in [0, 0.1) is 17.8 Å². The molecule has 0 amide bonds. The third-order valence-corrected chi connectivity index (χ3v) is 6.44. The van der Waals surface area contributed by atoms with Gasteiger partial charge >= 0.3 is 5.97 Å². The lowest BCUT2D eigenvalue weighted by Crippen LogP contribution is -2.29. The van der Waals surface area contributed by atoms with Crippen LogP contribution in [0.3, 0.4) is 0 Å². The van der Waals surface area contributed by atoms with Gasteiger partial charge in [0.05, 0.1) is 0 Å². The predicted octanol–water partition coefficient (Wildman–Crippen LogP) is 6.93. The van der Waals surface area contributed by atoms with Crippen LogP contribution in [-0.4, -0.2) is 12.1 Å². The quantitative estimate of drug-likeness (QED) is 0.259. The largest absolute Gasteiger partial charge is 0.459 e. The zero-order valence-electron chi connectivity index (χ0n) is 15.8. The standard InChI is InChI=1S/C22H38O2.2H2/c1-3-5-6-7-8-9-18-10-12-19(13-11-18)20-14-16-21(17-15-20)24-22(23)4-2;;/h4,18-21H,2-3,5-17H2,1H3;2*1H. The molecular formula is C22H42O2. The molecular weight excluding hydrogens is 296 g/mol. The number of hydrogen-bond donors (Lipinski definition) is 0. The number of carbonyl (C=O) groups excluding carboxylic acids is 1. The van der Waals surface area contributed by atoms with E-state index in [4.69, 9.17) is 4.74 Å². The topological polar surface area (TPSA) is 26.3 Å². The Kier molecular flexibility index (Phi) is 8.91. The third-order valence-electron chi connectivity index (χ3n) is 6.44. The van der Waals surface area contributed by atoms with E-state index >= 15 is 0 Å². The lowest BCUT2D eigenvalue weighted by atomic mass is 9.70. The van der Waals surface area contributed by atoms with E-state index in [1.54, 1.807) is 0 Å². The molecule has 142 valence electrons. The van der Waals surface area contributed by atoms with Crippen LogP contribution in [-0.2, 0) is 9.53 Å². The average molecular weight is 339 g/mol. The smallest absolute Gasteiger partial charge is 0.330 e. The highest BCUT2D eigenvalue weighted by Crippen LogP contribution is 2.41. The van der Waals surface area contributed by atoms with Gasteiger partial charge in [-0.15, -0.1) is 0 Å². The number of ether oxygens (including phenoxy) is 1. The van der Waals surface area contributed by atoms with E-state index < -0.39 is 0 Å². The van der Waals surface area contributed by atoms with Gasteiger partial charge in [-0.25, -0.2) is 4.79 Å². The molecule has 0 unspecified atom stereocenters. The zero-order chi connectivity index (χ0) is 17.2.